The molecule has 2 aromatic heterocycles. The average molecular weight is 487 g/mol. The van der Waals surface area contributed by atoms with Crippen molar-refractivity contribution in [2.75, 3.05) is 20.2 Å². The molecule has 36 heavy (non-hydrogen) atoms. The van der Waals surface area contributed by atoms with E-state index < -0.39 is 0 Å². The molecule has 0 atom stereocenters. The number of carbonyl (C=O) groups is 1. The van der Waals surface area contributed by atoms with Gasteiger partial charge in [0.1, 0.15) is 11.6 Å². The fraction of sp³-hybridized carbons (Fsp3) is 0.333. The molecule has 3 heterocycles. The first-order valence-corrected chi connectivity index (χ1v) is 12.2. The molecule has 2 aromatic carbocycles. The summed E-state index contributed by atoms with van der Waals surface area (Å²) < 4.78 is 12.7. The number of rotatable bonds is 8. The second kappa shape index (κ2) is 10.7. The smallest absolute Gasteiger partial charge is 0.241 e. The van der Waals surface area contributed by atoms with Gasteiger partial charge in [-0.3, -0.25) is 9.69 Å². The first-order valence-electron chi connectivity index (χ1n) is 12.2. The number of piperidine rings is 1. The molecule has 5 rings (SSSR count). The van der Waals surface area contributed by atoms with Gasteiger partial charge in [0.2, 0.25) is 17.6 Å². The van der Waals surface area contributed by atoms with Gasteiger partial charge in [-0.1, -0.05) is 23.4 Å². The lowest BCUT2D eigenvalue weighted by atomic mass is 9.96. The largest absolute Gasteiger partial charge is 0.497 e. The standard InChI is InChI=1S/C27H30N6O3/c1-19-28-13-16-33(19)24-6-4-3-5-22(24)17-29-27(34)21-11-14-32(15-12-21)18-25-30-26(31-36-25)20-7-9-23(35-2)10-8-20/h3-10,13,16,21H,11-12,14-15,17-18H2,1-2H3,(H,29,34). The summed E-state index contributed by atoms with van der Waals surface area (Å²) in [5.41, 5.74) is 2.98. The van der Waals surface area contributed by atoms with E-state index in [0.717, 1.165) is 54.3 Å². The zero-order valence-electron chi connectivity index (χ0n) is 20.6. The van der Waals surface area contributed by atoms with Crippen molar-refractivity contribution in [2.45, 2.75) is 32.9 Å². The summed E-state index contributed by atoms with van der Waals surface area (Å²) in [6, 6.07) is 15.6. The summed E-state index contributed by atoms with van der Waals surface area (Å²) in [6.45, 7) is 4.65. The minimum absolute atomic E-state index is 0.000869. The van der Waals surface area contributed by atoms with Gasteiger partial charge in [-0.15, -0.1) is 0 Å². The van der Waals surface area contributed by atoms with Crippen molar-refractivity contribution in [3.05, 3.63) is 78.2 Å². The normalized spacial score (nSPS) is 14.6. The van der Waals surface area contributed by atoms with Gasteiger partial charge >= 0.3 is 0 Å². The van der Waals surface area contributed by atoms with Crippen molar-refractivity contribution in [1.29, 1.82) is 0 Å². The van der Waals surface area contributed by atoms with Crippen molar-refractivity contribution in [1.82, 2.24) is 29.9 Å². The van der Waals surface area contributed by atoms with Crippen LogP contribution >= 0.6 is 0 Å². The molecule has 0 aliphatic carbocycles. The summed E-state index contributed by atoms with van der Waals surface area (Å²) in [7, 11) is 1.64. The first kappa shape index (κ1) is 23.7. The van der Waals surface area contributed by atoms with Gasteiger partial charge in [-0.2, -0.15) is 4.98 Å². The topological polar surface area (TPSA) is 98.3 Å². The Morgan fingerprint density at radius 1 is 1.14 bits per heavy atom. The molecule has 1 N–H and O–H groups in total. The molecule has 186 valence electrons. The van der Waals surface area contributed by atoms with E-state index in [2.05, 4.69) is 25.3 Å². The zero-order valence-corrected chi connectivity index (χ0v) is 20.6. The van der Waals surface area contributed by atoms with Crippen molar-refractivity contribution in [3.8, 4) is 22.8 Å². The van der Waals surface area contributed by atoms with Crippen LogP contribution < -0.4 is 10.1 Å². The number of aromatic nitrogens is 4. The Balaban J connectivity index is 1.12. The number of hydrogen-bond acceptors (Lipinski definition) is 7. The molecule has 1 aliphatic heterocycles. The molecule has 0 radical (unpaired) electrons. The highest BCUT2D eigenvalue weighted by atomic mass is 16.5. The number of carbonyl (C=O) groups excluding carboxylic acids is 1. The van der Waals surface area contributed by atoms with Crippen LogP contribution in [0.25, 0.3) is 17.1 Å². The number of ether oxygens (including phenoxy) is 1. The van der Waals surface area contributed by atoms with E-state index in [9.17, 15) is 4.79 Å². The van der Waals surface area contributed by atoms with Crippen LogP contribution in [0.15, 0.2) is 65.4 Å². The maximum Gasteiger partial charge on any atom is 0.241 e. The Morgan fingerprint density at radius 2 is 1.92 bits per heavy atom. The molecule has 0 spiro atoms. The van der Waals surface area contributed by atoms with Crippen LogP contribution in [0.3, 0.4) is 0 Å². The minimum Gasteiger partial charge on any atom is -0.497 e. The van der Waals surface area contributed by atoms with Crippen LogP contribution in [0.4, 0.5) is 0 Å². The third-order valence-electron chi connectivity index (χ3n) is 6.66. The number of methoxy groups -OCH3 is 1. The van der Waals surface area contributed by atoms with E-state index in [1.165, 1.54) is 0 Å². The second-order valence-corrected chi connectivity index (χ2v) is 8.98. The predicted molar refractivity (Wildman–Crippen MR) is 134 cm³/mol. The number of imidazole rings is 1. The highest BCUT2D eigenvalue weighted by Gasteiger charge is 2.26. The Kier molecular flexibility index (Phi) is 7.08. The summed E-state index contributed by atoms with van der Waals surface area (Å²) >= 11 is 0. The third-order valence-corrected chi connectivity index (χ3v) is 6.66. The maximum absolute atomic E-state index is 12.9. The molecule has 9 heteroatoms. The SMILES string of the molecule is COc1ccc(-c2noc(CN3CCC(C(=O)NCc4ccccc4-n4ccnc4C)CC3)n2)cc1. The Hall–Kier alpha value is -3.98. The Labute approximate surface area is 210 Å². The summed E-state index contributed by atoms with van der Waals surface area (Å²) in [5.74, 6) is 2.95. The molecule has 1 aliphatic rings. The number of amides is 1. The van der Waals surface area contributed by atoms with Crippen LogP contribution in [0.5, 0.6) is 5.75 Å². The second-order valence-electron chi connectivity index (χ2n) is 8.98. The van der Waals surface area contributed by atoms with Crippen molar-refractivity contribution >= 4 is 5.91 Å². The van der Waals surface area contributed by atoms with Crippen molar-refractivity contribution in [3.63, 3.8) is 0 Å². The highest BCUT2D eigenvalue weighted by molar-refractivity contribution is 5.78. The molecular weight excluding hydrogens is 456 g/mol. The molecule has 4 aromatic rings. The minimum atomic E-state index is 0.000869. The van der Waals surface area contributed by atoms with E-state index in [0.29, 0.717) is 24.8 Å². The fourth-order valence-corrected chi connectivity index (χ4v) is 4.58. The van der Waals surface area contributed by atoms with Gasteiger partial charge in [0, 0.05) is 30.4 Å². The van der Waals surface area contributed by atoms with E-state index in [1.807, 2.05) is 66.2 Å². The van der Waals surface area contributed by atoms with Crippen LogP contribution in [-0.2, 0) is 17.9 Å². The summed E-state index contributed by atoms with van der Waals surface area (Å²) in [5, 5.41) is 7.25. The van der Waals surface area contributed by atoms with Crippen LogP contribution in [0.2, 0.25) is 0 Å². The van der Waals surface area contributed by atoms with Crippen LogP contribution in [0.1, 0.15) is 30.1 Å². The lowest BCUT2D eigenvalue weighted by molar-refractivity contribution is -0.126. The number of aryl methyl sites for hydroxylation is 1. The Bertz CT molecular complexity index is 1310. The lowest BCUT2D eigenvalue weighted by Crippen LogP contribution is -2.40. The Morgan fingerprint density at radius 3 is 2.64 bits per heavy atom. The van der Waals surface area contributed by atoms with E-state index in [-0.39, 0.29) is 11.8 Å². The van der Waals surface area contributed by atoms with Gasteiger partial charge in [-0.25, -0.2) is 4.98 Å². The molecular formula is C27H30N6O3. The van der Waals surface area contributed by atoms with Gasteiger partial charge in [0.25, 0.3) is 0 Å². The van der Waals surface area contributed by atoms with Crippen LogP contribution in [0, 0.1) is 12.8 Å². The number of hydrogen-bond donors (Lipinski definition) is 1. The lowest BCUT2D eigenvalue weighted by Gasteiger charge is -2.30. The third kappa shape index (κ3) is 5.31. The quantitative estimate of drug-likeness (QED) is 0.405. The van der Waals surface area contributed by atoms with Crippen molar-refractivity contribution < 1.29 is 14.1 Å². The van der Waals surface area contributed by atoms with Gasteiger partial charge in [-0.05, 0) is 68.8 Å². The van der Waals surface area contributed by atoms with Gasteiger partial charge in [0.15, 0.2) is 0 Å². The number of benzene rings is 2. The molecule has 0 unspecified atom stereocenters. The predicted octanol–water partition coefficient (Wildman–Crippen LogP) is 3.77. The van der Waals surface area contributed by atoms with Gasteiger partial charge in [0.05, 0.1) is 19.3 Å². The number of nitrogens with one attached hydrogen (secondary N) is 1. The van der Waals surface area contributed by atoms with Crippen molar-refractivity contribution in [2.24, 2.45) is 5.92 Å². The average Bonchev–Trinajstić information content (AvgIpc) is 3.57. The molecule has 1 amide bonds. The van der Waals surface area contributed by atoms with Gasteiger partial charge < -0.3 is 19.1 Å². The zero-order chi connectivity index (χ0) is 24.9. The number of para-hydroxylation sites is 1. The van der Waals surface area contributed by atoms with Crippen LogP contribution in [-0.4, -0.2) is 50.7 Å². The fourth-order valence-electron chi connectivity index (χ4n) is 4.58. The number of nitrogens with zero attached hydrogens (tertiary/aromatic N) is 5. The maximum atomic E-state index is 12.9. The highest BCUT2D eigenvalue weighted by Crippen LogP contribution is 2.23. The summed E-state index contributed by atoms with van der Waals surface area (Å²) in [4.78, 5) is 24.0. The first-order chi connectivity index (χ1) is 17.6. The number of likely N-dealkylation sites (tertiary alicyclic amines) is 1. The molecule has 9 nitrogen and oxygen atoms in total. The monoisotopic (exact) mass is 486 g/mol. The van der Waals surface area contributed by atoms with E-state index in [4.69, 9.17) is 9.26 Å². The molecule has 1 saturated heterocycles. The molecule has 1 fully saturated rings. The van der Waals surface area contributed by atoms with E-state index in [1.54, 1.807) is 13.3 Å². The molecule has 0 saturated carbocycles. The summed E-state index contributed by atoms with van der Waals surface area (Å²) in [6.07, 6.45) is 5.32. The van der Waals surface area contributed by atoms with E-state index >= 15 is 0 Å². The molecule has 0 bridgehead atoms.